The maximum Gasteiger partial charge on any atom is 0.222 e. The maximum absolute atomic E-state index is 12.5. The summed E-state index contributed by atoms with van der Waals surface area (Å²) < 4.78 is 0. The lowest BCUT2D eigenvalue weighted by atomic mass is 10.1. The molecular weight excluding hydrogens is 408 g/mol. The number of piperazine rings is 1. The molecule has 1 aliphatic rings. The zero-order valence-electron chi connectivity index (χ0n) is 20.5. The van der Waals surface area contributed by atoms with Crippen LogP contribution in [0.4, 0.5) is 17.1 Å². The molecule has 0 atom stereocenters. The fourth-order valence-corrected chi connectivity index (χ4v) is 4.25. The zero-order valence-corrected chi connectivity index (χ0v) is 20.5. The number of carbonyl (C=O) groups excluding carboxylic acids is 1. The highest BCUT2D eigenvalue weighted by Crippen LogP contribution is 2.23. The van der Waals surface area contributed by atoms with Crippen molar-refractivity contribution in [3.63, 3.8) is 0 Å². The average molecular weight is 449 g/mol. The summed E-state index contributed by atoms with van der Waals surface area (Å²) in [5, 5.41) is 8.70. The molecule has 2 aromatic carbocycles. The molecule has 0 radical (unpaired) electrons. The number of rotatable bonds is 12. The van der Waals surface area contributed by atoms with Gasteiger partial charge < -0.3 is 9.80 Å². The zero-order chi connectivity index (χ0) is 23.3. The van der Waals surface area contributed by atoms with Gasteiger partial charge in [-0.25, -0.2) is 0 Å². The summed E-state index contributed by atoms with van der Waals surface area (Å²) >= 11 is 0. The van der Waals surface area contributed by atoms with E-state index in [1.54, 1.807) is 0 Å². The van der Waals surface area contributed by atoms with Gasteiger partial charge in [0, 0.05) is 38.3 Å². The van der Waals surface area contributed by atoms with Crippen molar-refractivity contribution in [2.75, 3.05) is 31.1 Å². The summed E-state index contributed by atoms with van der Waals surface area (Å²) in [6.45, 7) is 7.77. The van der Waals surface area contributed by atoms with Gasteiger partial charge in [-0.2, -0.15) is 10.2 Å². The lowest BCUT2D eigenvalue weighted by Gasteiger charge is -2.36. The molecule has 178 valence electrons. The minimum Gasteiger partial charge on any atom is -0.368 e. The Morgan fingerprint density at radius 3 is 1.85 bits per heavy atom. The first-order chi connectivity index (χ1) is 16.2. The van der Waals surface area contributed by atoms with Crippen LogP contribution in [0.1, 0.15) is 70.8 Å². The second kappa shape index (κ2) is 13.8. The average Bonchev–Trinajstić information content (AvgIpc) is 2.87. The van der Waals surface area contributed by atoms with Crippen molar-refractivity contribution in [2.24, 2.45) is 10.2 Å². The summed E-state index contributed by atoms with van der Waals surface area (Å²) in [4.78, 5) is 16.9. The van der Waals surface area contributed by atoms with Crippen LogP contribution in [0, 0.1) is 0 Å². The first-order valence-corrected chi connectivity index (χ1v) is 12.8. The van der Waals surface area contributed by atoms with Crippen molar-refractivity contribution in [2.45, 2.75) is 71.6 Å². The molecule has 0 unspecified atom stereocenters. The van der Waals surface area contributed by atoms with Gasteiger partial charge in [-0.1, -0.05) is 64.5 Å². The molecule has 5 nitrogen and oxygen atoms in total. The molecule has 1 fully saturated rings. The largest absolute Gasteiger partial charge is 0.368 e. The van der Waals surface area contributed by atoms with Crippen LogP contribution in [0.3, 0.4) is 0 Å². The summed E-state index contributed by atoms with van der Waals surface area (Å²) in [6, 6.07) is 16.4. The molecule has 1 amide bonds. The Balaban J connectivity index is 1.38. The number of unbranched alkanes of at least 4 members (excludes halogenated alkanes) is 6. The van der Waals surface area contributed by atoms with Crippen molar-refractivity contribution in [1.82, 2.24) is 4.90 Å². The molecule has 0 aliphatic carbocycles. The number of hydrogen-bond acceptors (Lipinski definition) is 4. The number of anilines is 1. The number of azo groups is 1. The molecule has 0 saturated carbocycles. The van der Waals surface area contributed by atoms with Crippen molar-refractivity contribution in [3.8, 4) is 0 Å². The van der Waals surface area contributed by atoms with Crippen LogP contribution in [0.5, 0.6) is 0 Å². The van der Waals surface area contributed by atoms with E-state index in [-0.39, 0.29) is 0 Å². The highest BCUT2D eigenvalue weighted by molar-refractivity contribution is 5.76. The Kier molecular flexibility index (Phi) is 10.4. The fourth-order valence-electron chi connectivity index (χ4n) is 4.25. The van der Waals surface area contributed by atoms with Crippen LogP contribution in [-0.4, -0.2) is 37.0 Å². The quantitative estimate of drug-likeness (QED) is 0.250. The molecule has 0 bridgehead atoms. The minimum atomic E-state index is 0.325. The first-order valence-electron chi connectivity index (χ1n) is 12.8. The van der Waals surface area contributed by atoms with Crippen LogP contribution in [0.15, 0.2) is 58.8 Å². The number of aryl methyl sites for hydroxylation is 1. The molecule has 1 saturated heterocycles. The summed E-state index contributed by atoms with van der Waals surface area (Å²) in [6.07, 6.45) is 10.5. The summed E-state index contributed by atoms with van der Waals surface area (Å²) in [5.74, 6) is 0.325. The predicted molar refractivity (Wildman–Crippen MR) is 138 cm³/mol. The van der Waals surface area contributed by atoms with E-state index in [0.717, 1.165) is 50.4 Å². The van der Waals surface area contributed by atoms with Gasteiger partial charge in [0.25, 0.3) is 0 Å². The second-order valence-electron chi connectivity index (χ2n) is 8.98. The van der Waals surface area contributed by atoms with Crippen molar-refractivity contribution in [3.05, 3.63) is 54.1 Å². The third kappa shape index (κ3) is 8.30. The smallest absolute Gasteiger partial charge is 0.222 e. The number of carbonyl (C=O) groups is 1. The van der Waals surface area contributed by atoms with E-state index in [4.69, 9.17) is 0 Å². The molecule has 1 aliphatic heterocycles. The highest BCUT2D eigenvalue weighted by Gasteiger charge is 2.20. The molecule has 0 aromatic heterocycles. The number of nitrogens with zero attached hydrogens (tertiary/aromatic N) is 4. The predicted octanol–water partition coefficient (Wildman–Crippen LogP) is 7.45. The van der Waals surface area contributed by atoms with Gasteiger partial charge in [0.1, 0.15) is 0 Å². The lowest BCUT2D eigenvalue weighted by Crippen LogP contribution is -2.48. The Labute approximate surface area is 199 Å². The fraction of sp³-hybridized carbons (Fsp3) is 0.536. The molecule has 3 rings (SSSR count). The van der Waals surface area contributed by atoms with Crippen molar-refractivity contribution in [1.29, 1.82) is 0 Å². The van der Waals surface area contributed by atoms with Crippen LogP contribution < -0.4 is 4.90 Å². The third-order valence-electron chi connectivity index (χ3n) is 6.47. The Bertz CT molecular complexity index is 852. The Hall–Kier alpha value is -2.69. The standard InChI is InChI=1S/C28H40N4O/c1-3-5-6-7-8-9-10-11-28(33)32-22-20-31(21-23-32)27-18-16-26(17-19-27)30-29-25-14-12-24(4-2)13-15-25/h12-19H,3-11,20-23H2,1-2H3. The molecule has 0 spiro atoms. The van der Waals surface area contributed by atoms with Crippen molar-refractivity contribution < 1.29 is 4.79 Å². The van der Waals surface area contributed by atoms with E-state index in [9.17, 15) is 4.79 Å². The lowest BCUT2D eigenvalue weighted by molar-refractivity contribution is -0.131. The molecular formula is C28H40N4O. The Morgan fingerprint density at radius 1 is 0.727 bits per heavy atom. The van der Waals surface area contributed by atoms with Gasteiger partial charge in [0.15, 0.2) is 0 Å². The summed E-state index contributed by atoms with van der Waals surface area (Å²) in [5.41, 5.74) is 4.20. The van der Waals surface area contributed by atoms with Crippen LogP contribution >= 0.6 is 0 Å². The van der Waals surface area contributed by atoms with Crippen LogP contribution in [0.2, 0.25) is 0 Å². The van der Waals surface area contributed by atoms with Crippen molar-refractivity contribution >= 4 is 23.0 Å². The third-order valence-corrected chi connectivity index (χ3v) is 6.47. The first kappa shape index (κ1) is 24.9. The maximum atomic E-state index is 12.5. The van der Waals surface area contributed by atoms with Gasteiger partial charge in [-0.3, -0.25) is 4.79 Å². The van der Waals surface area contributed by atoms with E-state index in [2.05, 4.69) is 53.2 Å². The minimum absolute atomic E-state index is 0.325. The van der Waals surface area contributed by atoms with E-state index >= 15 is 0 Å². The van der Waals surface area contributed by atoms with Gasteiger partial charge in [0.05, 0.1) is 11.4 Å². The van der Waals surface area contributed by atoms with E-state index in [1.165, 1.54) is 49.8 Å². The topological polar surface area (TPSA) is 48.3 Å². The molecule has 5 heteroatoms. The van der Waals surface area contributed by atoms with Crippen LogP contribution in [-0.2, 0) is 11.2 Å². The number of amides is 1. The SMILES string of the molecule is CCCCCCCCCC(=O)N1CCN(c2ccc(N=Nc3ccc(CC)cc3)cc2)CC1. The van der Waals surface area contributed by atoms with Crippen LogP contribution in [0.25, 0.3) is 0 Å². The Morgan fingerprint density at radius 2 is 1.27 bits per heavy atom. The molecule has 1 heterocycles. The molecule has 33 heavy (non-hydrogen) atoms. The van der Waals surface area contributed by atoms with E-state index < -0.39 is 0 Å². The second-order valence-corrected chi connectivity index (χ2v) is 8.98. The number of hydrogen-bond donors (Lipinski definition) is 0. The summed E-state index contributed by atoms with van der Waals surface area (Å²) in [7, 11) is 0. The van der Waals surface area contributed by atoms with Gasteiger partial charge in [0.2, 0.25) is 5.91 Å². The normalized spacial score (nSPS) is 14.2. The molecule has 0 N–H and O–H groups in total. The van der Waals surface area contributed by atoms with Gasteiger partial charge >= 0.3 is 0 Å². The van der Waals surface area contributed by atoms with Gasteiger partial charge in [-0.05, 0) is 54.8 Å². The monoisotopic (exact) mass is 448 g/mol. The van der Waals surface area contributed by atoms with Gasteiger partial charge in [-0.15, -0.1) is 0 Å². The number of benzene rings is 2. The van der Waals surface area contributed by atoms with E-state index in [0.29, 0.717) is 12.3 Å². The molecule has 2 aromatic rings. The highest BCUT2D eigenvalue weighted by atomic mass is 16.2. The van der Waals surface area contributed by atoms with E-state index in [1.807, 2.05) is 29.2 Å².